The maximum atomic E-state index is 8.83. The number of hydrogen-bond donors (Lipinski definition) is 1. The molecule has 3 heteroatoms. The standard InChI is InChI=1S/C12H16O3/c1-9(12-11(7-13)15-12)14-8-10-5-3-2-4-6-10/h2-6,9,11-13H,7-8H2,1H3/t9-,11+,12-/m0/s1. The van der Waals surface area contributed by atoms with Crippen molar-refractivity contribution in [1.29, 1.82) is 0 Å². The Labute approximate surface area is 89.6 Å². The average Bonchev–Trinajstić information content (AvgIpc) is 3.06. The van der Waals surface area contributed by atoms with E-state index in [0.29, 0.717) is 6.61 Å². The van der Waals surface area contributed by atoms with E-state index in [-0.39, 0.29) is 24.9 Å². The highest BCUT2D eigenvalue weighted by Crippen LogP contribution is 2.26. The molecule has 2 rings (SSSR count). The molecule has 0 bridgehead atoms. The van der Waals surface area contributed by atoms with Crippen LogP contribution in [-0.2, 0) is 16.1 Å². The van der Waals surface area contributed by atoms with Crippen LogP contribution >= 0.6 is 0 Å². The predicted octanol–water partition coefficient (Wildman–Crippen LogP) is 1.35. The first-order chi connectivity index (χ1) is 7.31. The molecule has 1 N–H and O–H groups in total. The normalized spacial score (nSPS) is 26.3. The molecule has 1 aliphatic rings. The average molecular weight is 208 g/mol. The van der Waals surface area contributed by atoms with Crippen LogP contribution in [0.5, 0.6) is 0 Å². The zero-order chi connectivity index (χ0) is 10.7. The molecule has 3 nitrogen and oxygen atoms in total. The highest BCUT2D eigenvalue weighted by atomic mass is 16.6. The van der Waals surface area contributed by atoms with Gasteiger partial charge in [0, 0.05) is 0 Å². The number of aliphatic hydroxyl groups is 1. The van der Waals surface area contributed by atoms with Crippen molar-refractivity contribution in [2.24, 2.45) is 0 Å². The lowest BCUT2D eigenvalue weighted by Gasteiger charge is -2.10. The highest BCUT2D eigenvalue weighted by Gasteiger charge is 2.42. The third kappa shape index (κ3) is 2.78. The third-order valence-electron chi connectivity index (χ3n) is 2.62. The summed E-state index contributed by atoms with van der Waals surface area (Å²) in [5, 5.41) is 8.83. The molecule has 1 saturated heterocycles. The van der Waals surface area contributed by atoms with E-state index in [1.807, 2.05) is 37.3 Å². The molecule has 3 atom stereocenters. The number of aliphatic hydroxyl groups excluding tert-OH is 1. The molecule has 1 fully saturated rings. The Bertz CT molecular complexity index is 299. The molecular weight excluding hydrogens is 192 g/mol. The molecule has 0 spiro atoms. The van der Waals surface area contributed by atoms with Crippen molar-refractivity contribution >= 4 is 0 Å². The second-order valence-electron chi connectivity index (χ2n) is 3.82. The van der Waals surface area contributed by atoms with Crippen LogP contribution in [0.1, 0.15) is 12.5 Å². The van der Waals surface area contributed by atoms with Crippen LogP contribution in [-0.4, -0.2) is 30.0 Å². The Morgan fingerprint density at radius 3 is 2.73 bits per heavy atom. The molecule has 0 radical (unpaired) electrons. The summed E-state index contributed by atoms with van der Waals surface area (Å²) in [7, 11) is 0. The van der Waals surface area contributed by atoms with Gasteiger partial charge in [0.15, 0.2) is 0 Å². The number of epoxide rings is 1. The van der Waals surface area contributed by atoms with Crippen LogP contribution in [0.15, 0.2) is 30.3 Å². The quantitative estimate of drug-likeness (QED) is 0.743. The fraction of sp³-hybridized carbons (Fsp3) is 0.500. The number of benzene rings is 1. The Hall–Kier alpha value is -0.900. The van der Waals surface area contributed by atoms with E-state index >= 15 is 0 Å². The molecule has 15 heavy (non-hydrogen) atoms. The van der Waals surface area contributed by atoms with Crippen LogP contribution in [0.4, 0.5) is 0 Å². The Morgan fingerprint density at radius 2 is 2.13 bits per heavy atom. The Balaban J connectivity index is 1.74. The monoisotopic (exact) mass is 208 g/mol. The van der Waals surface area contributed by atoms with E-state index in [0.717, 1.165) is 5.56 Å². The minimum atomic E-state index is -0.0178. The lowest BCUT2D eigenvalue weighted by Crippen LogP contribution is -2.18. The summed E-state index contributed by atoms with van der Waals surface area (Å²) < 4.78 is 10.9. The smallest absolute Gasteiger partial charge is 0.112 e. The van der Waals surface area contributed by atoms with Gasteiger partial charge in [-0.05, 0) is 12.5 Å². The van der Waals surface area contributed by atoms with Crippen LogP contribution in [0, 0.1) is 0 Å². The Morgan fingerprint density at radius 1 is 1.40 bits per heavy atom. The summed E-state index contributed by atoms with van der Waals surface area (Å²) >= 11 is 0. The van der Waals surface area contributed by atoms with Gasteiger partial charge in [-0.2, -0.15) is 0 Å². The van der Waals surface area contributed by atoms with Crippen LogP contribution < -0.4 is 0 Å². The van der Waals surface area contributed by atoms with E-state index in [4.69, 9.17) is 14.6 Å². The fourth-order valence-corrected chi connectivity index (χ4v) is 1.61. The van der Waals surface area contributed by atoms with Crippen LogP contribution in [0.3, 0.4) is 0 Å². The topological polar surface area (TPSA) is 42.0 Å². The molecule has 0 saturated carbocycles. The minimum absolute atomic E-state index is 0.0178. The summed E-state index contributed by atoms with van der Waals surface area (Å²) in [6, 6.07) is 10.0. The predicted molar refractivity (Wildman–Crippen MR) is 56.4 cm³/mol. The summed E-state index contributed by atoms with van der Waals surface area (Å²) in [5.74, 6) is 0. The van der Waals surface area contributed by atoms with Gasteiger partial charge < -0.3 is 14.6 Å². The number of ether oxygens (including phenoxy) is 2. The second-order valence-corrected chi connectivity index (χ2v) is 3.82. The van der Waals surface area contributed by atoms with Gasteiger partial charge in [0.2, 0.25) is 0 Å². The maximum Gasteiger partial charge on any atom is 0.112 e. The SMILES string of the molecule is C[C@H](OCc1ccccc1)[C@@H]1O[C@@H]1CO. The van der Waals surface area contributed by atoms with E-state index in [1.54, 1.807) is 0 Å². The molecule has 1 aromatic rings. The number of rotatable bonds is 5. The van der Waals surface area contributed by atoms with Crippen molar-refractivity contribution in [1.82, 2.24) is 0 Å². The highest BCUT2D eigenvalue weighted by molar-refractivity contribution is 5.13. The van der Waals surface area contributed by atoms with Gasteiger partial charge in [-0.25, -0.2) is 0 Å². The van der Waals surface area contributed by atoms with Crippen molar-refractivity contribution in [3.63, 3.8) is 0 Å². The van der Waals surface area contributed by atoms with Gasteiger partial charge in [0.25, 0.3) is 0 Å². The van der Waals surface area contributed by atoms with Crippen molar-refractivity contribution < 1.29 is 14.6 Å². The minimum Gasteiger partial charge on any atom is -0.394 e. The molecule has 1 aromatic carbocycles. The van der Waals surface area contributed by atoms with Crippen molar-refractivity contribution in [3.05, 3.63) is 35.9 Å². The summed E-state index contributed by atoms with van der Waals surface area (Å²) in [6.07, 6.45) is 0.0943. The molecule has 0 aliphatic carbocycles. The first-order valence-electron chi connectivity index (χ1n) is 5.23. The first-order valence-corrected chi connectivity index (χ1v) is 5.23. The molecule has 0 aromatic heterocycles. The molecular formula is C12H16O3. The van der Waals surface area contributed by atoms with Gasteiger partial charge in [-0.3, -0.25) is 0 Å². The molecule has 1 heterocycles. The molecule has 0 amide bonds. The maximum absolute atomic E-state index is 8.83. The van der Waals surface area contributed by atoms with Crippen molar-refractivity contribution in [2.75, 3.05) is 6.61 Å². The van der Waals surface area contributed by atoms with Gasteiger partial charge in [-0.1, -0.05) is 30.3 Å². The molecule has 0 unspecified atom stereocenters. The van der Waals surface area contributed by atoms with Gasteiger partial charge in [-0.15, -0.1) is 0 Å². The number of hydrogen-bond acceptors (Lipinski definition) is 3. The van der Waals surface area contributed by atoms with Gasteiger partial charge in [0.05, 0.1) is 19.3 Å². The van der Waals surface area contributed by atoms with Gasteiger partial charge in [0.1, 0.15) is 12.2 Å². The first kappa shape index (κ1) is 10.6. The summed E-state index contributed by atoms with van der Waals surface area (Å²) in [5.41, 5.74) is 1.16. The van der Waals surface area contributed by atoms with E-state index in [9.17, 15) is 0 Å². The zero-order valence-corrected chi connectivity index (χ0v) is 8.80. The molecule has 1 aliphatic heterocycles. The fourth-order valence-electron chi connectivity index (χ4n) is 1.61. The molecule has 82 valence electrons. The lowest BCUT2D eigenvalue weighted by atomic mass is 10.2. The van der Waals surface area contributed by atoms with E-state index in [2.05, 4.69) is 0 Å². The third-order valence-corrected chi connectivity index (χ3v) is 2.62. The van der Waals surface area contributed by atoms with Crippen molar-refractivity contribution in [2.45, 2.75) is 31.8 Å². The second kappa shape index (κ2) is 4.75. The zero-order valence-electron chi connectivity index (χ0n) is 8.80. The van der Waals surface area contributed by atoms with Crippen molar-refractivity contribution in [3.8, 4) is 0 Å². The van der Waals surface area contributed by atoms with Crippen LogP contribution in [0.2, 0.25) is 0 Å². The van der Waals surface area contributed by atoms with E-state index < -0.39 is 0 Å². The summed E-state index contributed by atoms with van der Waals surface area (Å²) in [4.78, 5) is 0. The summed E-state index contributed by atoms with van der Waals surface area (Å²) in [6.45, 7) is 2.66. The van der Waals surface area contributed by atoms with Crippen LogP contribution in [0.25, 0.3) is 0 Å². The lowest BCUT2D eigenvalue weighted by molar-refractivity contribution is 0.0340. The Kier molecular flexibility index (Phi) is 3.36. The largest absolute Gasteiger partial charge is 0.394 e. The van der Waals surface area contributed by atoms with E-state index in [1.165, 1.54) is 0 Å². The van der Waals surface area contributed by atoms with Gasteiger partial charge >= 0.3 is 0 Å².